The summed E-state index contributed by atoms with van der Waals surface area (Å²) in [6.45, 7) is 2.63. The van der Waals surface area contributed by atoms with Crippen LogP contribution in [0.1, 0.15) is 11.1 Å². The number of imidazole rings is 1. The molecule has 4 aromatic rings. The molecule has 0 unspecified atom stereocenters. The molecule has 6 heteroatoms. The molecule has 0 fully saturated rings. The Morgan fingerprint density at radius 1 is 1.14 bits per heavy atom. The molecule has 0 saturated heterocycles. The van der Waals surface area contributed by atoms with E-state index in [1.54, 1.807) is 18.3 Å². The van der Waals surface area contributed by atoms with Gasteiger partial charge in [-0.3, -0.25) is 4.79 Å². The Kier molecular flexibility index (Phi) is 3.65. The highest BCUT2D eigenvalue weighted by Crippen LogP contribution is 2.40. The summed E-state index contributed by atoms with van der Waals surface area (Å²) in [5, 5.41) is 0. The molecular weight excluding hydrogens is 352 g/mol. The van der Waals surface area contributed by atoms with Crippen LogP contribution in [0, 0.1) is 6.92 Å². The minimum Gasteiger partial charge on any atom is -0.481 e. The second-order valence-electron chi connectivity index (χ2n) is 6.90. The van der Waals surface area contributed by atoms with Crippen LogP contribution in [0.15, 0.2) is 54.7 Å². The van der Waals surface area contributed by atoms with E-state index in [1.165, 1.54) is 16.7 Å². The fourth-order valence-electron chi connectivity index (χ4n) is 3.88. The number of hydrogen-bond acceptors (Lipinski definition) is 4. The monoisotopic (exact) mass is 370 g/mol. The molecule has 0 atom stereocenters. The number of nitrogens with zero attached hydrogens (tertiary/aromatic N) is 3. The van der Waals surface area contributed by atoms with Gasteiger partial charge in [-0.2, -0.15) is 0 Å². The summed E-state index contributed by atoms with van der Waals surface area (Å²) < 4.78 is 7.78. The predicted molar refractivity (Wildman–Crippen MR) is 107 cm³/mol. The lowest BCUT2D eigenvalue weighted by Gasteiger charge is -2.22. The van der Waals surface area contributed by atoms with Crippen LogP contribution < -0.4 is 10.5 Å². The summed E-state index contributed by atoms with van der Waals surface area (Å²) in [5.74, 6) is 0.678. The van der Waals surface area contributed by atoms with E-state index < -0.39 is 5.91 Å². The molecule has 0 saturated carbocycles. The van der Waals surface area contributed by atoms with E-state index in [-0.39, 0.29) is 6.61 Å². The van der Waals surface area contributed by atoms with Crippen molar-refractivity contribution in [2.75, 3.05) is 6.61 Å². The standard InChI is InChI=1S/C22H18N4O2/c1-13-5-2-6-14-15-7-3-8-17-21(15)26(11-16(13)14)22(25-17)20-18(9-4-10-24-20)28-12-19(23)27/h2-10H,11-12H2,1H3,(H2,23,27). The lowest BCUT2D eigenvalue weighted by atomic mass is 9.92. The van der Waals surface area contributed by atoms with Crippen molar-refractivity contribution in [3.8, 4) is 28.4 Å². The van der Waals surface area contributed by atoms with Crippen LogP contribution in [0.3, 0.4) is 0 Å². The summed E-state index contributed by atoms with van der Waals surface area (Å²) in [6, 6.07) is 16.1. The molecule has 2 aromatic heterocycles. The van der Waals surface area contributed by atoms with Crippen molar-refractivity contribution in [3.05, 3.63) is 65.9 Å². The Morgan fingerprint density at radius 2 is 1.96 bits per heavy atom. The summed E-state index contributed by atoms with van der Waals surface area (Å²) in [7, 11) is 0. The quantitative estimate of drug-likeness (QED) is 0.526. The van der Waals surface area contributed by atoms with Gasteiger partial charge in [0.25, 0.3) is 5.91 Å². The van der Waals surface area contributed by atoms with Gasteiger partial charge in [-0.05, 0) is 41.8 Å². The number of pyridine rings is 1. The maximum Gasteiger partial charge on any atom is 0.255 e. The van der Waals surface area contributed by atoms with E-state index in [0.717, 1.165) is 22.4 Å². The topological polar surface area (TPSA) is 83.0 Å². The highest BCUT2D eigenvalue weighted by Gasteiger charge is 2.25. The average Bonchev–Trinajstić information content (AvgIpc) is 3.07. The van der Waals surface area contributed by atoms with Crippen molar-refractivity contribution in [3.63, 3.8) is 0 Å². The number of carbonyl (C=O) groups excluding carboxylic acids is 1. The van der Waals surface area contributed by atoms with E-state index in [4.69, 9.17) is 15.5 Å². The lowest BCUT2D eigenvalue weighted by Crippen LogP contribution is -2.20. The molecular formula is C22H18N4O2. The Balaban J connectivity index is 1.75. The van der Waals surface area contributed by atoms with Crippen molar-refractivity contribution in [1.82, 2.24) is 14.5 Å². The molecule has 0 bridgehead atoms. The van der Waals surface area contributed by atoms with Gasteiger partial charge in [-0.1, -0.05) is 30.3 Å². The first kappa shape index (κ1) is 16.5. The van der Waals surface area contributed by atoms with E-state index >= 15 is 0 Å². The number of rotatable bonds is 4. The number of aryl methyl sites for hydroxylation is 1. The summed E-state index contributed by atoms with van der Waals surface area (Å²) in [4.78, 5) is 20.5. The van der Waals surface area contributed by atoms with Gasteiger partial charge < -0.3 is 15.0 Å². The Hall–Kier alpha value is -3.67. The fourth-order valence-corrected chi connectivity index (χ4v) is 3.88. The average molecular weight is 370 g/mol. The summed E-state index contributed by atoms with van der Waals surface area (Å²) in [5.41, 5.74) is 12.8. The summed E-state index contributed by atoms with van der Waals surface area (Å²) >= 11 is 0. The number of fused-ring (bicyclic) bond motifs is 2. The molecule has 0 aliphatic carbocycles. The van der Waals surface area contributed by atoms with Gasteiger partial charge in [0.1, 0.15) is 11.4 Å². The molecule has 3 heterocycles. The zero-order chi connectivity index (χ0) is 19.3. The van der Waals surface area contributed by atoms with Crippen molar-refractivity contribution in [2.45, 2.75) is 13.5 Å². The number of amides is 1. The van der Waals surface area contributed by atoms with Crippen LogP contribution >= 0.6 is 0 Å². The van der Waals surface area contributed by atoms with Crippen molar-refractivity contribution in [2.24, 2.45) is 5.73 Å². The fraction of sp³-hybridized carbons (Fsp3) is 0.136. The lowest BCUT2D eigenvalue weighted by molar-refractivity contribution is -0.119. The minimum absolute atomic E-state index is 0.202. The smallest absolute Gasteiger partial charge is 0.255 e. The molecule has 5 rings (SSSR count). The normalized spacial score (nSPS) is 12.0. The third-order valence-corrected chi connectivity index (χ3v) is 5.14. The van der Waals surface area contributed by atoms with Gasteiger partial charge >= 0.3 is 0 Å². The van der Waals surface area contributed by atoms with Gasteiger partial charge in [0.15, 0.2) is 12.4 Å². The molecule has 2 aromatic carbocycles. The molecule has 0 radical (unpaired) electrons. The first-order valence-corrected chi connectivity index (χ1v) is 9.08. The number of benzene rings is 2. The molecule has 1 aliphatic rings. The molecule has 6 nitrogen and oxygen atoms in total. The highest BCUT2D eigenvalue weighted by atomic mass is 16.5. The first-order chi connectivity index (χ1) is 13.6. The maximum atomic E-state index is 11.2. The Bertz CT molecular complexity index is 1240. The molecule has 138 valence electrons. The zero-order valence-electron chi connectivity index (χ0n) is 15.3. The zero-order valence-corrected chi connectivity index (χ0v) is 15.3. The number of aromatic nitrogens is 3. The third kappa shape index (κ3) is 2.45. The number of primary amides is 1. The van der Waals surface area contributed by atoms with Crippen LogP contribution in [-0.4, -0.2) is 27.0 Å². The molecule has 2 N–H and O–H groups in total. The Morgan fingerprint density at radius 3 is 2.82 bits per heavy atom. The van der Waals surface area contributed by atoms with Crippen LogP contribution in [0.25, 0.3) is 33.7 Å². The van der Waals surface area contributed by atoms with E-state index in [1.807, 2.05) is 12.1 Å². The third-order valence-electron chi connectivity index (χ3n) is 5.14. The number of hydrogen-bond donors (Lipinski definition) is 1. The van der Waals surface area contributed by atoms with Crippen LogP contribution in [0.2, 0.25) is 0 Å². The second kappa shape index (κ2) is 6.20. The van der Waals surface area contributed by atoms with Gasteiger partial charge in [-0.15, -0.1) is 0 Å². The molecule has 0 spiro atoms. The van der Waals surface area contributed by atoms with Gasteiger partial charge in [0.2, 0.25) is 0 Å². The van der Waals surface area contributed by atoms with Crippen molar-refractivity contribution < 1.29 is 9.53 Å². The molecule has 1 aliphatic heterocycles. The number of carbonyl (C=O) groups is 1. The van der Waals surface area contributed by atoms with Crippen LogP contribution in [-0.2, 0) is 11.3 Å². The van der Waals surface area contributed by atoms with E-state index in [9.17, 15) is 4.79 Å². The van der Waals surface area contributed by atoms with Crippen molar-refractivity contribution >= 4 is 16.9 Å². The number of ether oxygens (including phenoxy) is 1. The largest absolute Gasteiger partial charge is 0.481 e. The van der Waals surface area contributed by atoms with Crippen LogP contribution in [0.4, 0.5) is 0 Å². The van der Waals surface area contributed by atoms with Crippen LogP contribution in [0.5, 0.6) is 5.75 Å². The Labute approximate surface area is 161 Å². The minimum atomic E-state index is -0.531. The predicted octanol–water partition coefficient (Wildman–Crippen LogP) is 3.30. The van der Waals surface area contributed by atoms with Gasteiger partial charge in [0.05, 0.1) is 17.6 Å². The maximum absolute atomic E-state index is 11.2. The second-order valence-corrected chi connectivity index (χ2v) is 6.90. The van der Waals surface area contributed by atoms with Crippen molar-refractivity contribution in [1.29, 1.82) is 0 Å². The highest BCUT2D eigenvalue weighted by molar-refractivity contribution is 5.97. The number of nitrogens with two attached hydrogens (primary N) is 1. The van der Waals surface area contributed by atoms with Gasteiger partial charge in [0, 0.05) is 11.8 Å². The molecule has 28 heavy (non-hydrogen) atoms. The summed E-state index contributed by atoms with van der Waals surface area (Å²) in [6.07, 6.45) is 1.70. The molecule has 1 amide bonds. The van der Waals surface area contributed by atoms with E-state index in [0.29, 0.717) is 18.0 Å². The van der Waals surface area contributed by atoms with E-state index in [2.05, 4.69) is 40.7 Å². The SMILES string of the molecule is Cc1cccc2c1Cn1c(-c3ncccc3OCC(N)=O)nc3cccc-2c31. The first-order valence-electron chi connectivity index (χ1n) is 9.08. The number of para-hydroxylation sites is 1. The van der Waals surface area contributed by atoms with Gasteiger partial charge in [-0.25, -0.2) is 9.97 Å².